The van der Waals surface area contributed by atoms with Crippen LogP contribution >= 0.6 is 0 Å². The number of halogens is 2. The molecule has 5 nitrogen and oxygen atoms in total. The Morgan fingerprint density at radius 1 is 1.41 bits per heavy atom. The molecule has 0 aliphatic heterocycles. The molecule has 0 aliphatic rings. The largest absolute Gasteiger partial charge is 0.399 e. The third-order valence-corrected chi connectivity index (χ3v) is 3.43. The quantitative estimate of drug-likeness (QED) is 0.834. The van der Waals surface area contributed by atoms with Gasteiger partial charge in [-0.15, -0.1) is 0 Å². The highest BCUT2D eigenvalue weighted by atomic mass is 19.3. The van der Waals surface area contributed by atoms with Crippen LogP contribution in [-0.2, 0) is 17.8 Å². The van der Waals surface area contributed by atoms with Crippen molar-refractivity contribution in [3.05, 3.63) is 48.0 Å². The number of hydrogen-bond acceptors (Lipinski definition) is 3. The summed E-state index contributed by atoms with van der Waals surface area (Å²) in [5, 5.41) is 0. The average Bonchev–Trinajstić information content (AvgIpc) is 2.94. The summed E-state index contributed by atoms with van der Waals surface area (Å²) in [6.45, 7) is -2.62. The topological polar surface area (TPSA) is 64.2 Å². The zero-order valence-electron chi connectivity index (χ0n) is 12.2. The van der Waals surface area contributed by atoms with Crippen molar-refractivity contribution >= 4 is 11.6 Å². The smallest absolute Gasteiger partial charge is 0.319 e. The number of carbonyl (C=O) groups is 1. The van der Waals surface area contributed by atoms with Gasteiger partial charge in [0, 0.05) is 31.5 Å². The molecule has 0 atom stereocenters. The first kappa shape index (κ1) is 15.9. The van der Waals surface area contributed by atoms with Gasteiger partial charge in [0.25, 0.3) is 0 Å². The Morgan fingerprint density at radius 2 is 2.14 bits per heavy atom. The maximum atomic E-state index is 12.7. The summed E-state index contributed by atoms with van der Waals surface area (Å²) in [5.74, 6) is 0.0112. The van der Waals surface area contributed by atoms with Crippen LogP contribution in [0.1, 0.15) is 24.4 Å². The Balaban J connectivity index is 1.92. The number of nitrogens with two attached hydrogens (primary N) is 1. The van der Waals surface area contributed by atoms with E-state index in [9.17, 15) is 13.6 Å². The number of anilines is 1. The first-order valence-corrected chi connectivity index (χ1v) is 6.86. The molecule has 2 rings (SSSR count). The van der Waals surface area contributed by atoms with E-state index in [-0.39, 0.29) is 24.7 Å². The number of alkyl halides is 2. The summed E-state index contributed by atoms with van der Waals surface area (Å²) >= 11 is 0. The van der Waals surface area contributed by atoms with E-state index in [0.717, 1.165) is 10.1 Å². The van der Waals surface area contributed by atoms with Gasteiger partial charge in [-0.1, -0.05) is 18.2 Å². The summed E-state index contributed by atoms with van der Waals surface area (Å²) < 4.78 is 26.2. The Labute approximate surface area is 127 Å². The van der Waals surface area contributed by atoms with Crippen molar-refractivity contribution < 1.29 is 13.6 Å². The van der Waals surface area contributed by atoms with E-state index in [2.05, 4.69) is 4.98 Å². The van der Waals surface area contributed by atoms with Gasteiger partial charge in [-0.25, -0.2) is 4.98 Å². The predicted molar refractivity (Wildman–Crippen MR) is 79.1 cm³/mol. The molecule has 0 unspecified atom stereocenters. The second-order valence-corrected chi connectivity index (χ2v) is 4.98. The molecule has 0 aliphatic carbocycles. The lowest BCUT2D eigenvalue weighted by atomic mass is 10.1. The summed E-state index contributed by atoms with van der Waals surface area (Å²) in [5.41, 5.74) is 7.37. The van der Waals surface area contributed by atoms with Gasteiger partial charge in [0.05, 0.1) is 6.54 Å². The van der Waals surface area contributed by atoms with Crippen LogP contribution in [0.25, 0.3) is 0 Å². The van der Waals surface area contributed by atoms with Crippen molar-refractivity contribution in [1.29, 1.82) is 0 Å². The Morgan fingerprint density at radius 3 is 2.82 bits per heavy atom. The molecule has 7 heteroatoms. The van der Waals surface area contributed by atoms with Crippen molar-refractivity contribution in [1.82, 2.24) is 14.5 Å². The molecule has 22 heavy (non-hydrogen) atoms. The van der Waals surface area contributed by atoms with E-state index in [1.54, 1.807) is 13.1 Å². The molecule has 0 spiro atoms. The normalized spacial score (nSPS) is 10.9. The molecule has 2 N–H and O–H groups in total. The summed E-state index contributed by atoms with van der Waals surface area (Å²) in [4.78, 5) is 17.3. The number of aromatic nitrogens is 2. The molecule has 0 fully saturated rings. The van der Waals surface area contributed by atoms with Crippen molar-refractivity contribution in [3.63, 3.8) is 0 Å². The standard InChI is InChI=1S/C15H18F2N4O/c1-20(10-13-19-8-9-21(13)15(16)17)14(22)7-6-11-4-2-3-5-12(11)18/h2-5,8-9,15H,6-7,10,18H2,1H3. The van der Waals surface area contributed by atoms with Crippen LogP contribution in [0.2, 0.25) is 0 Å². The third-order valence-electron chi connectivity index (χ3n) is 3.43. The van der Waals surface area contributed by atoms with Gasteiger partial charge in [-0.2, -0.15) is 8.78 Å². The Kier molecular flexibility index (Phi) is 5.08. The van der Waals surface area contributed by atoms with E-state index < -0.39 is 6.55 Å². The molecule has 118 valence electrons. The minimum Gasteiger partial charge on any atom is -0.399 e. The van der Waals surface area contributed by atoms with Crippen LogP contribution in [0, 0.1) is 0 Å². The van der Waals surface area contributed by atoms with Gasteiger partial charge >= 0.3 is 6.55 Å². The van der Waals surface area contributed by atoms with Crippen LogP contribution in [0.3, 0.4) is 0 Å². The Bertz CT molecular complexity index is 642. The van der Waals surface area contributed by atoms with Crippen LogP contribution in [-0.4, -0.2) is 27.4 Å². The number of benzene rings is 1. The molecule has 0 bridgehead atoms. The maximum Gasteiger partial charge on any atom is 0.319 e. The molecule has 1 heterocycles. The Hall–Kier alpha value is -2.44. The van der Waals surface area contributed by atoms with Crippen molar-refractivity contribution in [2.75, 3.05) is 12.8 Å². The van der Waals surface area contributed by atoms with Gasteiger partial charge in [0.15, 0.2) is 0 Å². The summed E-state index contributed by atoms with van der Waals surface area (Å²) in [7, 11) is 1.57. The molecule has 0 saturated carbocycles. The first-order valence-electron chi connectivity index (χ1n) is 6.86. The monoisotopic (exact) mass is 308 g/mol. The van der Waals surface area contributed by atoms with E-state index in [1.165, 1.54) is 17.3 Å². The molecular weight excluding hydrogens is 290 g/mol. The van der Waals surface area contributed by atoms with Gasteiger partial charge in [-0.05, 0) is 18.1 Å². The van der Waals surface area contributed by atoms with Crippen LogP contribution in [0.5, 0.6) is 0 Å². The van der Waals surface area contributed by atoms with Crippen LogP contribution in [0.15, 0.2) is 36.7 Å². The maximum absolute atomic E-state index is 12.7. The number of para-hydroxylation sites is 1. The molecule has 0 radical (unpaired) electrons. The molecule has 1 aromatic heterocycles. The van der Waals surface area contributed by atoms with Gasteiger partial charge in [-0.3, -0.25) is 9.36 Å². The number of carbonyl (C=O) groups excluding carboxylic acids is 1. The van der Waals surface area contributed by atoms with E-state index in [4.69, 9.17) is 5.73 Å². The number of rotatable bonds is 6. The van der Waals surface area contributed by atoms with Gasteiger partial charge in [0.2, 0.25) is 5.91 Å². The molecular formula is C15H18F2N4O. The fraction of sp³-hybridized carbons (Fsp3) is 0.333. The van der Waals surface area contributed by atoms with Crippen molar-refractivity contribution in [3.8, 4) is 0 Å². The second kappa shape index (κ2) is 7.02. The number of nitrogen functional groups attached to an aromatic ring is 1. The number of aryl methyl sites for hydroxylation is 1. The fourth-order valence-corrected chi connectivity index (χ4v) is 2.14. The lowest BCUT2D eigenvalue weighted by Gasteiger charge is -2.18. The second-order valence-electron chi connectivity index (χ2n) is 4.98. The lowest BCUT2D eigenvalue weighted by molar-refractivity contribution is -0.130. The zero-order valence-corrected chi connectivity index (χ0v) is 12.2. The van der Waals surface area contributed by atoms with Crippen molar-refractivity contribution in [2.45, 2.75) is 25.9 Å². The number of nitrogens with zero attached hydrogens (tertiary/aromatic N) is 3. The van der Waals surface area contributed by atoms with E-state index in [1.807, 2.05) is 18.2 Å². The van der Waals surface area contributed by atoms with Crippen molar-refractivity contribution in [2.24, 2.45) is 0 Å². The minimum atomic E-state index is -2.66. The minimum absolute atomic E-state index is 0.0421. The van der Waals surface area contributed by atoms with Gasteiger partial charge < -0.3 is 10.6 Å². The lowest BCUT2D eigenvalue weighted by Crippen LogP contribution is -2.28. The molecule has 0 saturated heterocycles. The van der Waals surface area contributed by atoms with Crippen LogP contribution in [0.4, 0.5) is 14.5 Å². The molecule has 1 amide bonds. The highest BCUT2D eigenvalue weighted by Gasteiger charge is 2.16. The van der Waals surface area contributed by atoms with E-state index >= 15 is 0 Å². The highest BCUT2D eigenvalue weighted by molar-refractivity contribution is 5.76. The van der Waals surface area contributed by atoms with Crippen LogP contribution < -0.4 is 5.73 Å². The molecule has 2 aromatic rings. The third kappa shape index (κ3) is 3.81. The summed E-state index contributed by atoms with van der Waals surface area (Å²) in [6, 6.07) is 7.34. The number of hydrogen-bond donors (Lipinski definition) is 1. The fourth-order valence-electron chi connectivity index (χ4n) is 2.14. The van der Waals surface area contributed by atoms with E-state index in [0.29, 0.717) is 12.1 Å². The SMILES string of the molecule is CN(Cc1nccn1C(F)F)C(=O)CCc1ccccc1N. The first-order chi connectivity index (χ1) is 10.5. The zero-order chi connectivity index (χ0) is 16.1. The predicted octanol–water partition coefficient (Wildman–Crippen LogP) is 2.45. The average molecular weight is 308 g/mol. The number of imidazole rings is 1. The number of amides is 1. The molecule has 1 aromatic carbocycles. The highest BCUT2D eigenvalue weighted by Crippen LogP contribution is 2.15. The summed E-state index contributed by atoms with van der Waals surface area (Å²) in [6.07, 6.45) is 3.27. The van der Waals surface area contributed by atoms with Gasteiger partial charge in [0.1, 0.15) is 5.82 Å².